The van der Waals surface area contributed by atoms with Gasteiger partial charge in [-0.05, 0) is 65.8 Å². The predicted molar refractivity (Wildman–Crippen MR) is 107 cm³/mol. The molecule has 0 unspecified atom stereocenters. The number of hydrogen-bond donors (Lipinski definition) is 0. The molecule has 2 aromatic carbocycles. The molecule has 0 bridgehead atoms. The SMILES string of the molecule is CC(C)(C)OC(=O)c1ccc(C(=O)c2ccc(C(=O)OC(C)(C)C)cc2)cc1. The van der Waals surface area contributed by atoms with Crippen LogP contribution in [0.4, 0.5) is 0 Å². The van der Waals surface area contributed by atoms with Gasteiger partial charge in [-0.15, -0.1) is 0 Å². The van der Waals surface area contributed by atoms with Gasteiger partial charge in [0.25, 0.3) is 0 Å². The predicted octanol–water partition coefficient (Wildman–Crippen LogP) is 4.83. The van der Waals surface area contributed by atoms with E-state index in [4.69, 9.17) is 9.47 Å². The number of rotatable bonds is 4. The molecule has 2 rings (SSSR count). The molecule has 0 radical (unpaired) electrons. The fourth-order valence-electron chi connectivity index (χ4n) is 2.36. The van der Waals surface area contributed by atoms with E-state index in [0.29, 0.717) is 22.3 Å². The first-order chi connectivity index (χ1) is 12.9. The van der Waals surface area contributed by atoms with Crippen molar-refractivity contribution in [3.8, 4) is 0 Å². The molecule has 0 saturated heterocycles. The fraction of sp³-hybridized carbons (Fsp3) is 0.348. The normalized spacial score (nSPS) is 11.6. The van der Waals surface area contributed by atoms with Crippen LogP contribution < -0.4 is 0 Å². The third-order valence-corrected chi connectivity index (χ3v) is 3.56. The van der Waals surface area contributed by atoms with E-state index >= 15 is 0 Å². The molecule has 0 heterocycles. The van der Waals surface area contributed by atoms with E-state index in [1.165, 1.54) is 0 Å². The molecule has 0 atom stereocenters. The Bertz CT molecular complexity index is 790. The maximum Gasteiger partial charge on any atom is 0.338 e. The Hall–Kier alpha value is -2.95. The molecule has 0 aliphatic rings. The summed E-state index contributed by atoms with van der Waals surface area (Å²) in [6, 6.07) is 12.6. The standard InChI is InChI=1S/C23H26O5/c1-22(2,3)27-20(25)17-11-7-15(8-12-17)19(24)16-9-13-18(14-10-16)21(26)28-23(4,5)6/h7-14H,1-6H3. The average Bonchev–Trinajstić information content (AvgIpc) is 2.58. The van der Waals surface area contributed by atoms with E-state index in [0.717, 1.165) is 0 Å². The topological polar surface area (TPSA) is 69.7 Å². The van der Waals surface area contributed by atoms with E-state index in [-0.39, 0.29) is 5.78 Å². The summed E-state index contributed by atoms with van der Waals surface area (Å²) < 4.78 is 10.6. The summed E-state index contributed by atoms with van der Waals surface area (Å²) in [6.45, 7) is 10.8. The summed E-state index contributed by atoms with van der Waals surface area (Å²) in [7, 11) is 0. The Kier molecular flexibility index (Phi) is 6.07. The number of carbonyl (C=O) groups excluding carboxylic acids is 3. The van der Waals surface area contributed by atoms with Crippen LogP contribution in [0, 0.1) is 0 Å². The van der Waals surface area contributed by atoms with Gasteiger partial charge in [0.05, 0.1) is 11.1 Å². The highest BCUT2D eigenvalue weighted by Gasteiger charge is 2.20. The lowest BCUT2D eigenvalue weighted by Gasteiger charge is -2.19. The zero-order valence-corrected chi connectivity index (χ0v) is 17.2. The number of hydrogen-bond acceptors (Lipinski definition) is 5. The number of ketones is 1. The van der Waals surface area contributed by atoms with Gasteiger partial charge in [-0.3, -0.25) is 4.79 Å². The van der Waals surface area contributed by atoms with Crippen LogP contribution in [0.2, 0.25) is 0 Å². The van der Waals surface area contributed by atoms with Crippen molar-refractivity contribution in [1.82, 2.24) is 0 Å². The van der Waals surface area contributed by atoms with Crippen molar-refractivity contribution in [2.24, 2.45) is 0 Å². The smallest absolute Gasteiger partial charge is 0.338 e. The Balaban J connectivity index is 2.11. The van der Waals surface area contributed by atoms with Gasteiger partial charge >= 0.3 is 11.9 Å². The average molecular weight is 382 g/mol. The summed E-state index contributed by atoms with van der Waals surface area (Å²) in [5.74, 6) is -1.08. The molecule has 5 nitrogen and oxygen atoms in total. The van der Waals surface area contributed by atoms with E-state index in [1.54, 1.807) is 90.1 Å². The highest BCUT2D eigenvalue weighted by atomic mass is 16.6. The van der Waals surface area contributed by atoms with Crippen molar-refractivity contribution in [3.05, 3.63) is 70.8 Å². The van der Waals surface area contributed by atoms with E-state index in [1.807, 2.05) is 0 Å². The quantitative estimate of drug-likeness (QED) is 0.560. The highest BCUT2D eigenvalue weighted by molar-refractivity contribution is 6.09. The van der Waals surface area contributed by atoms with Crippen molar-refractivity contribution in [2.45, 2.75) is 52.7 Å². The van der Waals surface area contributed by atoms with E-state index < -0.39 is 23.1 Å². The van der Waals surface area contributed by atoms with E-state index in [2.05, 4.69) is 0 Å². The zero-order chi connectivity index (χ0) is 21.1. The lowest BCUT2D eigenvalue weighted by atomic mass is 10.0. The van der Waals surface area contributed by atoms with Crippen LogP contribution in [0.25, 0.3) is 0 Å². The van der Waals surface area contributed by atoms with Gasteiger partial charge < -0.3 is 9.47 Å². The first-order valence-corrected chi connectivity index (χ1v) is 9.07. The summed E-state index contributed by atoms with van der Waals surface area (Å²) in [4.78, 5) is 36.8. The number of benzene rings is 2. The minimum Gasteiger partial charge on any atom is -0.456 e. The van der Waals surface area contributed by atoms with Crippen LogP contribution >= 0.6 is 0 Å². The number of carbonyl (C=O) groups is 3. The van der Waals surface area contributed by atoms with Crippen molar-refractivity contribution in [1.29, 1.82) is 0 Å². The van der Waals surface area contributed by atoms with Crippen LogP contribution in [0.1, 0.15) is 78.2 Å². The molecule has 0 saturated carbocycles. The molecule has 0 aromatic heterocycles. The summed E-state index contributed by atoms with van der Waals surface area (Å²) in [5, 5.41) is 0. The highest BCUT2D eigenvalue weighted by Crippen LogP contribution is 2.17. The van der Waals surface area contributed by atoms with Gasteiger partial charge in [-0.1, -0.05) is 24.3 Å². The maximum absolute atomic E-state index is 12.6. The monoisotopic (exact) mass is 382 g/mol. The number of ether oxygens (including phenoxy) is 2. The molecule has 5 heteroatoms. The van der Waals surface area contributed by atoms with Gasteiger partial charge in [0.2, 0.25) is 0 Å². The molecule has 0 aliphatic heterocycles. The van der Waals surface area contributed by atoms with Crippen LogP contribution in [0.15, 0.2) is 48.5 Å². The minimum atomic E-state index is -0.582. The summed E-state index contributed by atoms with van der Waals surface area (Å²) >= 11 is 0. The summed E-state index contributed by atoms with van der Waals surface area (Å²) in [5.41, 5.74) is 0.483. The molecule has 0 spiro atoms. The molecule has 0 fully saturated rings. The second-order valence-corrected chi connectivity index (χ2v) is 8.49. The molecular weight excluding hydrogens is 356 g/mol. The third-order valence-electron chi connectivity index (χ3n) is 3.56. The van der Waals surface area contributed by atoms with Crippen LogP contribution in [-0.2, 0) is 9.47 Å². The molecule has 0 N–H and O–H groups in total. The van der Waals surface area contributed by atoms with Gasteiger partial charge in [0, 0.05) is 11.1 Å². The third kappa shape index (κ3) is 6.05. The second-order valence-electron chi connectivity index (χ2n) is 8.49. The molecule has 28 heavy (non-hydrogen) atoms. The lowest BCUT2D eigenvalue weighted by molar-refractivity contribution is 0.00570. The number of esters is 2. The Morgan fingerprint density at radius 3 is 1.04 bits per heavy atom. The maximum atomic E-state index is 12.6. The molecular formula is C23H26O5. The van der Waals surface area contributed by atoms with Crippen molar-refractivity contribution in [2.75, 3.05) is 0 Å². The first kappa shape index (κ1) is 21.4. The van der Waals surface area contributed by atoms with Crippen LogP contribution in [-0.4, -0.2) is 28.9 Å². The summed E-state index contributed by atoms with van der Waals surface area (Å²) in [6.07, 6.45) is 0. The Morgan fingerprint density at radius 2 is 0.786 bits per heavy atom. The van der Waals surface area contributed by atoms with Crippen molar-refractivity contribution < 1.29 is 23.9 Å². The fourth-order valence-corrected chi connectivity index (χ4v) is 2.36. The van der Waals surface area contributed by atoms with Gasteiger partial charge in [-0.2, -0.15) is 0 Å². The van der Waals surface area contributed by atoms with Gasteiger partial charge in [0.1, 0.15) is 11.2 Å². The second kappa shape index (κ2) is 7.97. The minimum absolute atomic E-state index is 0.202. The molecule has 2 aromatic rings. The first-order valence-electron chi connectivity index (χ1n) is 9.07. The van der Waals surface area contributed by atoms with Gasteiger partial charge in [0.15, 0.2) is 5.78 Å². The largest absolute Gasteiger partial charge is 0.456 e. The zero-order valence-electron chi connectivity index (χ0n) is 17.2. The van der Waals surface area contributed by atoms with Crippen LogP contribution in [0.5, 0.6) is 0 Å². The van der Waals surface area contributed by atoms with Crippen molar-refractivity contribution in [3.63, 3.8) is 0 Å². The Labute approximate surface area is 165 Å². The lowest BCUT2D eigenvalue weighted by Crippen LogP contribution is -2.24. The van der Waals surface area contributed by atoms with Gasteiger partial charge in [-0.25, -0.2) is 9.59 Å². The Morgan fingerprint density at radius 1 is 0.536 bits per heavy atom. The molecule has 0 amide bonds. The van der Waals surface area contributed by atoms with E-state index in [9.17, 15) is 14.4 Å². The molecule has 148 valence electrons. The van der Waals surface area contributed by atoms with Crippen molar-refractivity contribution >= 4 is 17.7 Å². The molecule has 0 aliphatic carbocycles. The van der Waals surface area contributed by atoms with Crippen LogP contribution in [0.3, 0.4) is 0 Å².